The number of H-pyrrole nitrogens is 1. The monoisotopic (exact) mass is 427 g/mol. The fourth-order valence-corrected chi connectivity index (χ4v) is 5.65. The number of nitrogens with zero attached hydrogens (tertiary/aromatic N) is 5. The lowest BCUT2D eigenvalue weighted by Gasteiger charge is -2.30. The number of aryl methyl sites for hydroxylation is 1. The third-order valence-electron chi connectivity index (χ3n) is 7.23. The standard InChI is InChI=1S/C25H29N7/c1-16-10-11-20-21(26-16)12-13-22-24(20)27-23(14-17-6-3-2-4-7-17)32(22)19-9-5-8-18(15-19)25-28-30-31-29-25/h2-4,6-7,12-13,16,18-19,26H,5,8-11,14-15H2,1H3,(H,28,29,30,31)/t16-,18+,19-/m0/s1. The summed E-state index contributed by atoms with van der Waals surface area (Å²) in [4.78, 5) is 5.28. The molecular formula is C25H29N7. The van der Waals surface area contributed by atoms with Crippen LogP contribution >= 0.6 is 0 Å². The highest BCUT2D eigenvalue weighted by molar-refractivity contribution is 5.86. The maximum atomic E-state index is 5.28. The molecule has 2 aromatic heterocycles. The molecule has 0 spiro atoms. The number of tetrazole rings is 1. The summed E-state index contributed by atoms with van der Waals surface area (Å²) in [6, 6.07) is 16.2. The number of aromatic amines is 1. The van der Waals surface area contributed by atoms with Crippen LogP contribution in [0.4, 0.5) is 5.69 Å². The predicted molar refractivity (Wildman–Crippen MR) is 125 cm³/mol. The van der Waals surface area contributed by atoms with Crippen molar-refractivity contribution in [3.05, 3.63) is 65.2 Å². The molecule has 0 saturated heterocycles. The molecular weight excluding hydrogens is 398 g/mol. The second-order valence-electron chi connectivity index (χ2n) is 9.41. The quantitative estimate of drug-likeness (QED) is 0.489. The zero-order chi connectivity index (χ0) is 21.5. The van der Waals surface area contributed by atoms with Gasteiger partial charge in [-0.1, -0.05) is 36.8 Å². The number of fused-ring (bicyclic) bond motifs is 3. The first-order valence-electron chi connectivity index (χ1n) is 11.8. The van der Waals surface area contributed by atoms with E-state index in [0.29, 0.717) is 18.0 Å². The maximum Gasteiger partial charge on any atom is 0.151 e. The lowest BCUT2D eigenvalue weighted by Crippen LogP contribution is -2.22. The summed E-state index contributed by atoms with van der Waals surface area (Å²) in [5.41, 5.74) is 6.38. The number of imidazole rings is 1. The smallest absolute Gasteiger partial charge is 0.151 e. The van der Waals surface area contributed by atoms with Gasteiger partial charge >= 0.3 is 0 Å². The number of rotatable bonds is 4. The Morgan fingerprint density at radius 3 is 2.81 bits per heavy atom. The topological polar surface area (TPSA) is 84.3 Å². The van der Waals surface area contributed by atoms with E-state index in [2.05, 4.69) is 79.9 Å². The van der Waals surface area contributed by atoms with E-state index in [0.717, 1.165) is 44.3 Å². The van der Waals surface area contributed by atoms with Gasteiger partial charge in [0.1, 0.15) is 5.82 Å². The summed E-state index contributed by atoms with van der Waals surface area (Å²) >= 11 is 0. The Morgan fingerprint density at radius 2 is 1.97 bits per heavy atom. The largest absolute Gasteiger partial charge is 0.382 e. The van der Waals surface area contributed by atoms with Gasteiger partial charge < -0.3 is 9.88 Å². The minimum atomic E-state index is 0.367. The highest BCUT2D eigenvalue weighted by Gasteiger charge is 2.30. The number of anilines is 1. The maximum absolute atomic E-state index is 5.28. The first-order valence-corrected chi connectivity index (χ1v) is 11.8. The first-order chi connectivity index (χ1) is 15.8. The van der Waals surface area contributed by atoms with E-state index in [9.17, 15) is 0 Å². The fraction of sp³-hybridized carbons (Fsp3) is 0.440. The number of nitrogens with one attached hydrogen (secondary N) is 2. The Labute approximate surface area is 187 Å². The molecule has 1 aliphatic carbocycles. The minimum absolute atomic E-state index is 0.367. The van der Waals surface area contributed by atoms with Crippen LogP contribution in [0.3, 0.4) is 0 Å². The van der Waals surface area contributed by atoms with Crippen molar-refractivity contribution in [3.8, 4) is 0 Å². The molecule has 0 amide bonds. The summed E-state index contributed by atoms with van der Waals surface area (Å²) < 4.78 is 2.54. The molecule has 2 aromatic carbocycles. The van der Waals surface area contributed by atoms with E-state index < -0.39 is 0 Å². The van der Waals surface area contributed by atoms with E-state index in [4.69, 9.17) is 4.98 Å². The average Bonchev–Trinajstić information content (AvgIpc) is 3.48. The summed E-state index contributed by atoms with van der Waals surface area (Å²) in [6.45, 7) is 2.26. The van der Waals surface area contributed by atoms with Crippen LogP contribution < -0.4 is 5.32 Å². The first kappa shape index (κ1) is 19.5. The number of hydrogen-bond donors (Lipinski definition) is 2. The zero-order valence-corrected chi connectivity index (χ0v) is 18.5. The van der Waals surface area contributed by atoms with Crippen LogP contribution in [0.15, 0.2) is 42.5 Å². The van der Waals surface area contributed by atoms with Crippen molar-refractivity contribution in [2.45, 2.75) is 69.9 Å². The number of aromatic nitrogens is 6. The summed E-state index contributed by atoms with van der Waals surface area (Å²) in [5, 5.41) is 18.5. The second-order valence-corrected chi connectivity index (χ2v) is 9.41. The van der Waals surface area contributed by atoms with Crippen molar-refractivity contribution in [2.75, 3.05) is 5.32 Å². The van der Waals surface area contributed by atoms with Crippen LogP contribution in [-0.4, -0.2) is 36.2 Å². The van der Waals surface area contributed by atoms with Gasteiger partial charge in [0, 0.05) is 35.7 Å². The molecule has 7 nitrogen and oxygen atoms in total. The zero-order valence-electron chi connectivity index (χ0n) is 18.5. The van der Waals surface area contributed by atoms with Crippen molar-refractivity contribution in [2.24, 2.45) is 0 Å². The van der Waals surface area contributed by atoms with Gasteiger partial charge in [0.25, 0.3) is 0 Å². The van der Waals surface area contributed by atoms with Gasteiger partial charge in [-0.05, 0) is 67.2 Å². The molecule has 1 aliphatic heterocycles. The number of benzene rings is 2. The molecule has 6 rings (SSSR count). The van der Waals surface area contributed by atoms with Crippen molar-refractivity contribution in [3.63, 3.8) is 0 Å². The normalized spacial score (nSPS) is 23.1. The fourth-order valence-electron chi connectivity index (χ4n) is 5.65. The van der Waals surface area contributed by atoms with Gasteiger partial charge in [-0.15, -0.1) is 5.10 Å². The Morgan fingerprint density at radius 1 is 1.06 bits per heavy atom. The molecule has 32 heavy (non-hydrogen) atoms. The molecule has 0 bridgehead atoms. The van der Waals surface area contributed by atoms with Crippen LogP contribution in [-0.2, 0) is 12.8 Å². The molecule has 2 aliphatic rings. The van der Waals surface area contributed by atoms with Gasteiger partial charge in [0.15, 0.2) is 5.82 Å². The molecule has 3 heterocycles. The molecule has 164 valence electrons. The van der Waals surface area contributed by atoms with E-state index in [1.807, 2.05) is 0 Å². The van der Waals surface area contributed by atoms with Crippen LogP contribution in [0.1, 0.15) is 73.8 Å². The Balaban J connectivity index is 1.45. The van der Waals surface area contributed by atoms with Crippen molar-refractivity contribution < 1.29 is 0 Å². The van der Waals surface area contributed by atoms with Gasteiger partial charge in [0.2, 0.25) is 0 Å². The van der Waals surface area contributed by atoms with E-state index in [1.165, 1.54) is 40.1 Å². The molecule has 7 heteroatoms. The third kappa shape index (κ3) is 3.45. The SMILES string of the molecule is C[C@H]1CCc2c(ccc3c2nc(Cc2ccccc2)n3[C@H]2CCC[C@@H](c3nnn[nH]3)C2)N1. The molecule has 1 saturated carbocycles. The van der Waals surface area contributed by atoms with Crippen molar-refractivity contribution in [1.82, 2.24) is 30.2 Å². The van der Waals surface area contributed by atoms with E-state index in [-0.39, 0.29) is 0 Å². The molecule has 2 N–H and O–H groups in total. The minimum Gasteiger partial charge on any atom is -0.382 e. The van der Waals surface area contributed by atoms with Crippen LogP contribution in [0, 0.1) is 0 Å². The van der Waals surface area contributed by atoms with Gasteiger partial charge in [-0.3, -0.25) is 0 Å². The highest BCUT2D eigenvalue weighted by Crippen LogP contribution is 2.41. The van der Waals surface area contributed by atoms with Gasteiger partial charge in [0.05, 0.1) is 11.0 Å². The molecule has 0 radical (unpaired) electrons. The summed E-state index contributed by atoms with van der Waals surface area (Å²) in [5.74, 6) is 2.45. The van der Waals surface area contributed by atoms with Gasteiger partial charge in [-0.2, -0.15) is 0 Å². The Bertz CT molecular complexity index is 1210. The predicted octanol–water partition coefficient (Wildman–Crippen LogP) is 4.79. The lowest BCUT2D eigenvalue weighted by molar-refractivity contribution is 0.312. The Kier molecular flexibility index (Phi) is 4.89. The molecule has 1 fully saturated rings. The molecule has 4 aromatic rings. The van der Waals surface area contributed by atoms with Crippen LogP contribution in [0.5, 0.6) is 0 Å². The van der Waals surface area contributed by atoms with E-state index >= 15 is 0 Å². The van der Waals surface area contributed by atoms with Crippen molar-refractivity contribution in [1.29, 1.82) is 0 Å². The lowest BCUT2D eigenvalue weighted by atomic mass is 9.85. The van der Waals surface area contributed by atoms with Crippen LogP contribution in [0.25, 0.3) is 11.0 Å². The second kappa shape index (κ2) is 8.04. The van der Waals surface area contributed by atoms with E-state index in [1.54, 1.807) is 0 Å². The van der Waals surface area contributed by atoms with Gasteiger partial charge in [-0.25, -0.2) is 10.1 Å². The Hall–Kier alpha value is -3.22. The highest BCUT2D eigenvalue weighted by atomic mass is 15.5. The number of hydrogen-bond acceptors (Lipinski definition) is 5. The van der Waals surface area contributed by atoms with Crippen molar-refractivity contribution >= 4 is 16.7 Å². The summed E-state index contributed by atoms with van der Waals surface area (Å²) in [6.07, 6.45) is 7.58. The third-order valence-corrected chi connectivity index (χ3v) is 7.23. The summed E-state index contributed by atoms with van der Waals surface area (Å²) in [7, 11) is 0. The molecule has 0 unspecified atom stereocenters. The average molecular weight is 428 g/mol. The van der Waals surface area contributed by atoms with Crippen LogP contribution in [0.2, 0.25) is 0 Å². The molecule has 3 atom stereocenters.